The van der Waals surface area contributed by atoms with Gasteiger partial charge in [0.2, 0.25) is 0 Å². The number of fused-ring (bicyclic) bond motifs is 1. The largest absolute Gasteiger partial charge is 0.489 e. The second-order valence-corrected chi connectivity index (χ2v) is 4.16. The monoisotopic (exact) mass is 207 g/mol. The van der Waals surface area contributed by atoms with Crippen molar-refractivity contribution in [1.82, 2.24) is 0 Å². The SMILES string of the molecule is Cc1c(N)cc2sccc2c1B(O)O. The zero-order valence-corrected chi connectivity index (χ0v) is 8.51. The lowest BCUT2D eigenvalue weighted by Crippen LogP contribution is -2.33. The normalized spacial score (nSPS) is 10.8. The summed E-state index contributed by atoms with van der Waals surface area (Å²) < 4.78 is 0.983. The van der Waals surface area contributed by atoms with Gasteiger partial charge in [0.15, 0.2) is 0 Å². The van der Waals surface area contributed by atoms with Crippen LogP contribution in [0.25, 0.3) is 10.1 Å². The first kappa shape index (κ1) is 9.52. The molecule has 0 aliphatic carbocycles. The Labute approximate surface area is 85.9 Å². The lowest BCUT2D eigenvalue weighted by Gasteiger charge is -2.09. The summed E-state index contributed by atoms with van der Waals surface area (Å²) in [5.41, 5.74) is 7.62. The van der Waals surface area contributed by atoms with E-state index in [1.807, 2.05) is 17.5 Å². The summed E-state index contributed by atoms with van der Waals surface area (Å²) in [4.78, 5) is 0. The van der Waals surface area contributed by atoms with Crippen LogP contribution in [0.1, 0.15) is 5.56 Å². The van der Waals surface area contributed by atoms with Gasteiger partial charge in [0.25, 0.3) is 0 Å². The Balaban J connectivity index is 2.86. The minimum Gasteiger partial charge on any atom is -0.423 e. The van der Waals surface area contributed by atoms with Crippen LogP contribution < -0.4 is 11.2 Å². The molecule has 0 saturated heterocycles. The molecule has 0 amide bonds. The molecule has 1 aromatic carbocycles. The summed E-state index contributed by atoms with van der Waals surface area (Å²) in [6.07, 6.45) is 0. The summed E-state index contributed by atoms with van der Waals surface area (Å²) >= 11 is 1.54. The zero-order valence-electron chi connectivity index (χ0n) is 7.69. The van der Waals surface area contributed by atoms with E-state index in [0.717, 1.165) is 15.6 Å². The van der Waals surface area contributed by atoms with Crippen LogP contribution in [-0.4, -0.2) is 17.2 Å². The predicted octanol–water partition coefficient (Wildman–Crippen LogP) is 0.472. The Morgan fingerprint density at radius 1 is 1.43 bits per heavy atom. The first-order valence-corrected chi connectivity index (χ1v) is 5.11. The van der Waals surface area contributed by atoms with Crippen molar-refractivity contribution in [3.63, 3.8) is 0 Å². The molecule has 0 atom stereocenters. The Bertz CT molecular complexity index is 481. The number of hydrogen-bond donors (Lipinski definition) is 3. The molecule has 0 spiro atoms. The average molecular weight is 207 g/mol. The maximum atomic E-state index is 9.25. The van der Waals surface area contributed by atoms with E-state index in [0.29, 0.717) is 11.2 Å². The summed E-state index contributed by atoms with van der Waals surface area (Å²) in [5.74, 6) is 0. The van der Waals surface area contributed by atoms with Crippen molar-refractivity contribution in [2.45, 2.75) is 6.92 Å². The summed E-state index contributed by atoms with van der Waals surface area (Å²) in [7, 11) is -1.46. The number of nitrogens with two attached hydrogens (primary N) is 1. The van der Waals surface area contributed by atoms with Gasteiger partial charge < -0.3 is 15.8 Å². The molecule has 5 heteroatoms. The molecule has 4 N–H and O–H groups in total. The summed E-state index contributed by atoms with van der Waals surface area (Å²) in [6.45, 7) is 1.79. The maximum Gasteiger partial charge on any atom is 0.489 e. The van der Waals surface area contributed by atoms with Crippen LogP contribution in [0, 0.1) is 6.92 Å². The highest BCUT2D eigenvalue weighted by Gasteiger charge is 2.19. The first-order valence-electron chi connectivity index (χ1n) is 4.23. The van der Waals surface area contributed by atoms with Gasteiger partial charge in [-0.15, -0.1) is 11.3 Å². The molecule has 0 aliphatic rings. The highest BCUT2D eigenvalue weighted by molar-refractivity contribution is 7.17. The van der Waals surface area contributed by atoms with Crippen molar-refractivity contribution in [2.75, 3.05) is 5.73 Å². The van der Waals surface area contributed by atoms with E-state index in [9.17, 15) is 10.0 Å². The molecular formula is C9H10BNO2S. The van der Waals surface area contributed by atoms with Crippen molar-refractivity contribution in [1.29, 1.82) is 0 Å². The van der Waals surface area contributed by atoms with Crippen molar-refractivity contribution in [3.8, 4) is 0 Å². The molecule has 2 rings (SSSR count). The van der Waals surface area contributed by atoms with E-state index in [4.69, 9.17) is 5.73 Å². The molecule has 1 heterocycles. The van der Waals surface area contributed by atoms with Crippen LogP contribution in [0.3, 0.4) is 0 Å². The zero-order chi connectivity index (χ0) is 10.3. The van der Waals surface area contributed by atoms with Crippen molar-refractivity contribution >= 4 is 39.7 Å². The Kier molecular flexibility index (Phi) is 2.22. The third-order valence-electron chi connectivity index (χ3n) is 2.37. The fourth-order valence-electron chi connectivity index (χ4n) is 1.59. The molecule has 2 aromatic rings. The van der Waals surface area contributed by atoms with Crippen molar-refractivity contribution in [3.05, 3.63) is 23.1 Å². The van der Waals surface area contributed by atoms with Gasteiger partial charge >= 0.3 is 7.12 Å². The molecule has 0 fully saturated rings. The van der Waals surface area contributed by atoms with Crippen LogP contribution in [-0.2, 0) is 0 Å². The molecule has 0 unspecified atom stereocenters. The van der Waals surface area contributed by atoms with E-state index >= 15 is 0 Å². The maximum absolute atomic E-state index is 9.25. The van der Waals surface area contributed by atoms with Crippen LogP contribution in [0.5, 0.6) is 0 Å². The smallest absolute Gasteiger partial charge is 0.423 e. The standard InChI is InChI=1S/C9H10BNO2S/c1-5-7(11)4-8-6(2-3-14-8)9(5)10(12)13/h2-4,12-13H,11H2,1H3. The minimum atomic E-state index is -1.46. The first-order chi connectivity index (χ1) is 6.61. The number of hydrogen-bond acceptors (Lipinski definition) is 4. The van der Waals surface area contributed by atoms with Gasteiger partial charge in [0.1, 0.15) is 0 Å². The molecule has 0 radical (unpaired) electrons. The van der Waals surface area contributed by atoms with Crippen LogP contribution in [0.4, 0.5) is 5.69 Å². The van der Waals surface area contributed by atoms with Crippen molar-refractivity contribution < 1.29 is 10.0 Å². The number of anilines is 1. The highest BCUT2D eigenvalue weighted by Crippen LogP contribution is 2.24. The Morgan fingerprint density at radius 3 is 2.79 bits per heavy atom. The summed E-state index contributed by atoms with van der Waals surface area (Å²) in [6, 6.07) is 3.74. The molecule has 14 heavy (non-hydrogen) atoms. The minimum absolute atomic E-state index is 0.515. The van der Waals surface area contributed by atoms with Gasteiger partial charge in [-0.3, -0.25) is 0 Å². The summed E-state index contributed by atoms with van der Waals surface area (Å²) in [5, 5.41) is 21.3. The molecule has 0 bridgehead atoms. The number of nitrogen functional groups attached to an aromatic ring is 1. The van der Waals surface area contributed by atoms with Gasteiger partial charge in [0.05, 0.1) is 0 Å². The van der Waals surface area contributed by atoms with Gasteiger partial charge in [-0.05, 0) is 40.8 Å². The van der Waals surface area contributed by atoms with Gasteiger partial charge in [0, 0.05) is 10.4 Å². The lowest BCUT2D eigenvalue weighted by atomic mass is 9.75. The molecule has 0 aliphatic heterocycles. The van der Waals surface area contributed by atoms with Gasteiger partial charge in [-0.1, -0.05) is 0 Å². The van der Waals surface area contributed by atoms with E-state index in [1.165, 1.54) is 11.3 Å². The molecule has 1 aromatic heterocycles. The second-order valence-electron chi connectivity index (χ2n) is 3.21. The van der Waals surface area contributed by atoms with Gasteiger partial charge in [-0.25, -0.2) is 0 Å². The Morgan fingerprint density at radius 2 is 2.14 bits per heavy atom. The Hall–Kier alpha value is -1.04. The predicted molar refractivity (Wildman–Crippen MR) is 60.8 cm³/mol. The van der Waals surface area contributed by atoms with Gasteiger partial charge in [-0.2, -0.15) is 0 Å². The van der Waals surface area contributed by atoms with Crippen molar-refractivity contribution in [2.24, 2.45) is 0 Å². The highest BCUT2D eigenvalue weighted by atomic mass is 32.1. The quantitative estimate of drug-likeness (QED) is 0.470. The molecule has 72 valence electrons. The third-order valence-corrected chi connectivity index (χ3v) is 3.23. The van der Waals surface area contributed by atoms with Crippen LogP contribution in [0.15, 0.2) is 17.5 Å². The fourth-order valence-corrected chi connectivity index (χ4v) is 2.45. The molecule has 3 nitrogen and oxygen atoms in total. The number of thiophene rings is 1. The fraction of sp³-hybridized carbons (Fsp3) is 0.111. The van der Waals surface area contributed by atoms with E-state index in [2.05, 4.69) is 0 Å². The topological polar surface area (TPSA) is 66.5 Å². The number of benzene rings is 1. The lowest BCUT2D eigenvalue weighted by molar-refractivity contribution is 0.426. The number of rotatable bonds is 1. The van der Waals surface area contributed by atoms with E-state index < -0.39 is 7.12 Å². The molecular weight excluding hydrogens is 197 g/mol. The molecule has 0 saturated carbocycles. The van der Waals surface area contributed by atoms with E-state index in [-0.39, 0.29) is 0 Å². The third kappa shape index (κ3) is 1.30. The average Bonchev–Trinajstić information content (AvgIpc) is 2.52. The van der Waals surface area contributed by atoms with Crippen LogP contribution >= 0.6 is 11.3 Å². The van der Waals surface area contributed by atoms with E-state index in [1.54, 1.807) is 6.92 Å². The van der Waals surface area contributed by atoms with Crippen LogP contribution in [0.2, 0.25) is 0 Å². The second kappa shape index (κ2) is 3.27.